The highest BCUT2D eigenvalue weighted by Gasteiger charge is 2.06. The number of phenolic OH excluding ortho intramolecular Hbond substituents is 1. The molecule has 2 rings (SSSR count). The van der Waals surface area contributed by atoms with E-state index in [0.717, 1.165) is 18.8 Å². The Balaban J connectivity index is 2.14. The van der Waals surface area contributed by atoms with E-state index >= 15 is 0 Å². The van der Waals surface area contributed by atoms with E-state index < -0.39 is 5.56 Å². The Kier molecular flexibility index (Phi) is 5.59. The maximum absolute atomic E-state index is 11.3. The van der Waals surface area contributed by atoms with Crippen molar-refractivity contribution in [3.63, 3.8) is 0 Å². The fraction of sp³-hybridized carbons (Fsp3) is 0.267. The van der Waals surface area contributed by atoms with E-state index in [4.69, 9.17) is 11.6 Å². The number of aromatic amines is 1. The zero-order chi connectivity index (χ0) is 16.8. The number of aromatic hydroxyl groups is 1. The lowest BCUT2D eigenvalue weighted by molar-refractivity contribution is 0.474. The molecule has 0 radical (unpaired) electrons. The van der Waals surface area contributed by atoms with Crippen molar-refractivity contribution in [2.24, 2.45) is 5.10 Å². The first-order valence-corrected chi connectivity index (χ1v) is 7.54. The van der Waals surface area contributed by atoms with Crippen LogP contribution in [0.25, 0.3) is 0 Å². The van der Waals surface area contributed by atoms with Crippen LogP contribution in [-0.2, 0) is 0 Å². The van der Waals surface area contributed by atoms with E-state index in [2.05, 4.69) is 39.5 Å². The van der Waals surface area contributed by atoms with Crippen LogP contribution in [0, 0.1) is 0 Å². The molecule has 1 aromatic carbocycles. The Morgan fingerprint density at radius 3 is 2.83 bits per heavy atom. The number of anilines is 2. The summed E-state index contributed by atoms with van der Waals surface area (Å²) < 4.78 is 0. The predicted octanol–water partition coefficient (Wildman–Crippen LogP) is 2.42. The number of halogens is 1. The molecule has 0 bridgehead atoms. The molecule has 23 heavy (non-hydrogen) atoms. The van der Waals surface area contributed by atoms with E-state index in [-0.39, 0.29) is 16.5 Å². The molecule has 7 nitrogen and oxygen atoms in total. The van der Waals surface area contributed by atoms with Crippen molar-refractivity contribution in [2.45, 2.75) is 13.8 Å². The van der Waals surface area contributed by atoms with Gasteiger partial charge in [0.1, 0.15) is 16.5 Å². The summed E-state index contributed by atoms with van der Waals surface area (Å²) >= 11 is 5.82. The predicted molar refractivity (Wildman–Crippen MR) is 92.8 cm³/mol. The largest absolute Gasteiger partial charge is 0.507 e. The van der Waals surface area contributed by atoms with Crippen molar-refractivity contribution in [3.8, 4) is 5.75 Å². The number of benzene rings is 1. The van der Waals surface area contributed by atoms with Crippen molar-refractivity contribution in [1.82, 2.24) is 10.2 Å². The first-order valence-electron chi connectivity index (χ1n) is 7.17. The number of hydrogen-bond acceptors (Lipinski definition) is 6. The van der Waals surface area contributed by atoms with Crippen LogP contribution >= 0.6 is 11.6 Å². The van der Waals surface area contributed by atoms with Gasteiger partial charge in [-0.05, 0) is 26.0 Å². The average molecular weight is 336 g/mol. The molecule has 0 aliphatic carbocycles. The normalized spacial score (nSPS) is 10.9. The van der Waals surface area contributed by atoms with Gasteiger partial charge in [-0.25, -0.2) is 5.10 Å². The summed E-state index contributed by atoms with van der Waals surface area (Å²) in [7, 11) is 0. The second kappa shape index (κ2) is 7.64. The molecule has 1 aromatic heterocycles. The number of H-pyrrole nitrogens is 1. The summed E-state index contributed by atoms with van der Waals surface area (Å²) in [5, 5.41) is 19.9. The smallest absolute Gasteiger partial charge is 0.285 e. The van der Waals surface area contributed by atoms with E-state index in [9.17, 15) is 9.90 Å². The van der Waals surface area contributed by atoms with Crippen LogP contribution in [0.1, 0.15) is 19.4 Å². The third-order valence-corrected chi connectivity index (χ3v) is 3.70. The Morgan fingerprint density at radius 1 is 1.43 bits per heavy atom. The first kappa shape index (κ1) is 16.8. The van der Waals surface area contributed by atoms with Crippen molar-refractivity contribution in [1.29, 1.82) is 0 Å². The van der Waals surface area contributed by atoms with Crippen molar-refractivity contribution >= 4 is 29.2 Å². The molecule has 0 saturated carbocycles. The molecule has 0 amide bonds. The molecule has 2 aromatic rings. The summed E-state index contributed by atoms with van der Waals surface area (Å²) in [5.41, 5.74) is 3.89. The lowest BCUT2D eigenvalue weighted by Gasteiger charge is -2.21. The van der Waals surface area contributed by atoms with Crippen LogP contribution in [0.15, 0.2) is 34.3 Å². The third-order valence-electron chi connectivity index (χ3n) is 3.33. The van der Waals surface area contributed by atoms with Gasteiger partial charge in [0.25, 0.3) is 5.56 Å². The highest BCUT2D eigenvalue weighted by atomic mass is 35.5. The lowest BCUT2D eigenvalue weighted by atomic mass is 10.2. The standard InChI is InChI=1S/C15H18ClN5O2/c1-3-21(4-2)11-6-5-10(13(22)7-11)8-17-19-12-9-18-20-15(23)14(12)16/h5-9,22H,3-4H2,1-2H3,(H2,19,20,23)/b17-8+. The third kappa shape index (κ3) is 4.01. The molecule has 0 spiro atoms. The Labute approximate surface area is 138 Å². The van der Waals surface area contributed by atoms with Gasteiger partial charge in [0.15, 0.2) is 0 Å². The zero-order valence-corrected chi connectivity index (χ0v) is 13.6. The number of aromatic nitrogens is 2. The molecule has 3 N–H and O–H groups in total. The maximum Gasteiger partial charge on any atom is 0.285 e. The summed E-state index contributed by atoms with van der Waals surface area (Å²) in [6, 6.07) is 5.37. The highest BCUT2D eigenvalue weighted by molar-refractivity contribution is 6.32. The molecule has 0 aliphatic heterocycles. The summed E-state index contributed by atoms with van der Waals surface area (Å²) in [6.45, 7) is 5.83. The van der Waals surface area contributed by atoms with Gasteiger partial charge >= 0.3 is 0 Å². The molecule has 0 atom stereocenters. The van der Waals surface area contributed by atoms with Gasteiger partial charge in [0.05, 0.1) is 12.4 Å². The Morgan fingerprint density at radius 2 is 2.17 bits per heavy atom. The number of nitrogens with zero attached hydrogens (tertiary/aromatic N) is 3. The number of nitrogens with one attached hydrogen (secondary N) is 2. The number of hydrogen-bond donors (Lipinski definition) is 3. The van der Waals surface area contributed by atoms with Gasteiger partial charge in [0, 0.05) is 30.4 Å². The van der Waals surface area contributed by atoms with Gasteiger partial charge in [-0.15, -0.1) is 0 Å². The molecule has 0 aliphatic rings. The molecule has 0 saturated heterocycles. The Bertz CT molecular complexity index is 756. The van der Waals surface area contributed by atoms with Crippen LogP contribution in [0.2, 0.25) is 5.02 Å². The van der Waals surface area contributed by atoms with Crippen molar-refractivity contribution in [2.75, 3.05) is 23.4 Å². The lowest BCUT2D eigenvalue weighted by Crippen LogP contribution is -2.21. The minimum atomic E-state index is -0.502. The van der Waals surface area contributed by atoms with Crippen LogP contribution < -0.4 is 15.9 Å². The van der Waals surface area contributed by atoms with Gasteiger partial charge in [-0.2, -0.15) is 10.2 Å². The fourth-order valence-corrected chi connectivity index (χ4v) is 2.19. The maximum atomic E-state index is 11.3. The van der Waals surface area contributed by atoms with Crippen LogP contribution in [0.3, 0.4) is 0 Å². The minimum absolute atomic E-state index is 0.0294. The van der Waals surface area contributed by atoms with Crippen LogP contribution in [0.4, 0.5) is 11.4 Å². The van der Waals surface area contributed by atoms with E-state index in [0.29, 0.717) is 5.56 Å². The molecule has 0 fully saturated rings. The highest BCUT2D eigenvalue weighted by Crippen LogP contribution is 2.23. The first-order chi connectivity index (χ1) is 11.1. The van der Waals surface area contributed by atoms with Crippen molar-refractivity contribution in [3.05, 3.63) is 45.3 Å². The number of rotatable bonds is 6. The fourth-order valence-electron chi connectivity index (χ4n) is 2.06. The average Bonchev–Trinajstić information content (AvgIpc) is 2.54. The Hall–Kier alpha value is -2.54. The van der Waals surface area contributed by atoms with Crippen LogP contribution in [0.5, 0.6) is 5.75 Å². The monoisotopic (exact) mass is 335 g/mol. The summed E-state index contributed by atoms with van der Waals surface area (Å²) in [5.74, 6) is 0.120. The second-order valence-corrected chi connectivity index (χ2v) is 5.09. The summed E-state index contributed by atoms with van der Waals surface area (Å²) in [4.78, 5) is 13.4. The molecule has 122 valence electrons. The minimum Gasteiger partial charge on any atom is -0.507 e. The van der Waals surface area contributed by atoms with Gasteiger partial charge in [-0.1, -0.05) is 11.6 Å². The number of phenols is 1. The summed E-state index contributed by atoms with van der Waals surface area (Å²) in [6.07, 6.45) is 2.79. The van der Waals surface area contributed by atoms with E-state index in [1.165, 1.54) is 12.4 Å². The van der Waals surface area contributed by atoms with Crippen molar-refractivity contribution < 1.29 is 5.11 Å². The van der Waals surface area contributed by atoms with Gasteiger partial charge in [-0.3, -0.25) is 10.2 Å². The van der Waals surface area contributed by atoms with Gasteiger partial charge in [0.2, 0.25) is 0 Å². The molecule has 0 unspecified atom stereocenters. The van der Waals surface area contributed by atoms with E-state index in [1.807, 2.05) is 6.07 Å². The van der Waals surface area contributed by atoms with Gasteiger partial charge < -0.3 is 10.0 Å². The molecule has 1 heterocycles. The van der Waals surface area contributed by atoms with Crippen LogP contribution in [-0.4, -0.2) is 34.6 Å². The topological polar surface area (TPSA) is 93.6 Å². The molecule has 8 heteroatoms. The number of hydrazone groups is 1. The zero-order valence-electron chi connectivity index (χ0n) is 12.9. The molecular formula is C15H18ClN5O2. The van der Waals surface area contributed by atoms with E-state index in [1.54, 1.807) is 12.1 Å². The molecular weight excluding hydrogens is 318 g/mol. The second-order valence-electron chi connectivity index (χ2n) is 4.71. The quantitative estimate of drug-likeness (QED) is 0.557. The SMILES string of the molecule is CCN(CC)c1ccc(/C=N/Nc2cn[nH]c(=O)c2Cl)c(O)c1.